The van der Waals surface area contributed by atoms with Gasteiger partial charge < -0.3 is 14.5 Å². The van der Waals surface area contributed by atoms with Gasteiger partial charge in [-0.25, -0.2) is 4.98 Å². The number of rotatable bonds is 8. The third-order valence-electron chi connectivity index (χ3n) is 3.89. The molecule has 0 spiro atoms. The number of carbonyl (C=O) groups excluding carboxylic acids is 2. The Labute approximate surface area is 171 Å². The number of esters is 1. The van der Waals surface area contributed by atoms with Crippen LogP contribution in [-0.4, -0.2) is 29.2 Å². The summed E-state index contributed by atoms with van der Waals surface area (Å²) in [6, 6.07) is 13.9. The number of ether oxygens (including phenoxy) is 1. The number of hydrogen-bond donors (Lipinski definition) is 1. The average Bonchev–Trinajstić information content (AvgIpc) is 3.09. The lowest BCUT2D eigenvalue weighted by Crippen LogP contribution is -2.32. The minimum atomic E-state index is -0.579. The standard InChI is InChI=1S/C20H19ClN2O4S/c1-2-26-19(25)11-16(13-7-3-4-8-14(13)21)22-18(24)12-28-20-23-15-9-5-6-10-17(15)27-20/h3-10,16H,2,11-12H2,1H3,(H,22,24). The van der Waals surface area contributed by atoms with Gasteiger partial charge in [0.25, 0.3) is 5.22 Å². The van der Waals surface area contributed by atoms with E-state index in [-0.39, 0.29) is 24.7 Å². The van der Waals surface area contributed by atoms with Gasteiger partial charge in [0, 0.05) is 5.02 Å². The summed E-state index contributed by atoms with van der Waals surface area (Å²) in [4.78, 5) is 28.8. The molecule has 2 aromatic carbocycles. The number of aromatic nitrogens is 1. The maximum absolute atomic E-state index is 12.5. The van der Waals surface area contributed by atoms with Crippen LogP contribution in [0.25, 0.3) is 11.1 Å². The zero-order valence-electron chi connectivity index (χ0n) is 15.2. The Morgan fingerprint density at radius 1 is 1.21 bits per heavy atom. The highest BCUT2D eigenvalue weighted by Gasteiger charge is 2.21. The van der Waals surface area contributed by atoms with Gasteiger partial charge in [-0.15, -0.1) is 0 Å². The molecular formula is C20H19ClN2O4S. The van der Waals surface area contributed by atoms with Crippen LogP contribution in [-0.2, 0) is 14.3 Å². The summed E-state index contributed by atoms with van der Waals surface area (Å²) in [6.45, 7) is 2.01. The molecule has 0 saturated carbocycles. The van der Waals surface area contributed by atoms with Crippen molar-refractivity contribution in [3.63, 3.8) is 0 Å². The quantitative estimate of drug-likeness (QED) is 0.431. The van der Waals surface area contributed by atoms with Crippen LogP contribution < -0.4 is 5.32 Å². The first-order chi connectivity index (χ1) is 13.6. The summed E-state index contributed by atoms with van der Waals surface area (Å²) in [7, 11) is 0. The predicted octanol–water partition coefficient (Wildman–Crippen LogP) is 4.38. The van der Waals surface area contributed by atoms with Crippen molar-refractivity contribution in [2.75, 3.05) is 12.4 Å². The van der Waals surface area contributed by atoms with Crippen LogP contribution in [0.3, 0.4) is 0 Å². The van der Waals surface area contributed by atoms with Gasteiger partial charge in [0.05, 0.1) is 24.8 Å². The number of benzene rings is 2. The summed E-state index contributed by atoms with van der Waals surface area (Å²) in [5, 5.41) is 3.74. The Hall–Kier alpha value is -2.51. The molecule has 1 heterocycles. The number of thioether (sulfide) groups is 1. The Bertz CT molecular complexity index is 943. The highest BCUT2D eigenvalue weighted by atomic mass is 35.5. The molecule has 0 aliphatic heterocycles. The van der Waals surface area contributed by atoms with E-state index in [2.05, 4.69) is 10.3 Å². The summed E-state index contributed by atoms with van der Waals surface area (Å²) in [5.74, 6) is -0.572. The molecule has 8 heteroatoms. The van der Waals surface area contributed by atoms with Crippen molar-refractivity contribution in [1.82, 2.24) is 10.3 Å². The zero-order valence-corrected chi connectivity index (χ0v) is 16.8. The number of amides is 1. The number of hydrogen-bond acceptors (Lipinski definition) is 6. The van der Waals surface area contributed by atoms with Gasteiger partial charge in [0.1, 0.15) is 5.52 Å². The lowest BCUT2D eigenvalue weighted by molar-refractivity contribution is -0.143. The first-order valence-corrected chi connectivity index (χ1v) is 10.1. The van der Waals surface area contributed by atoms with E-state index in [1.54, 1.807) is 31.2 Å². The molecule has 3 aromatic rings. The van der Waals surface area contributed by atoms with E-state index in [9.17, 15) is 9.59 Å². The van der Waals surface area contributed by atoms with E-state index in [0.717, 1.165) is 5.52 Å². The first-order valence-electron chi connectivity index (χ1n) is 8.74. The molecule has 1 atom stereocenters. The van der Waals surface area contributed by atoms with E-state index in [1.165, 1.54) is 11.8 Å². The second-order valence-electron chi connectivity index (χ2n) is 5.89. The molecular weight excluding hydrogens is 400 g/mol. The van der Waals surface area contributed by atoms with Gasteiger partial charge in [-0.2, -0.15) is 0 Å². The third kappa shape index (κ3) is 5.27. The lowest BCUT2D eigenvalue weighted by Gasteiger charge is -2.19. The summed E-state index contributed by atoms with van der Waals surface area (Å²) in [5.41, 5.74) is 2.07. The molecule has 0 fully saturated rings. The molecule has 0 aliphatic rings. The first kappa shape index (κ1) is 20.2. The fourth-order valence-electron chi connectivity index (χ4n) is 2.66. The summed E-state index contributed by atoms with van der Waals surface area (Å²) >= 11 is 7.43. The molecule has 0 saturated heterocycles. The van der Waals surface area contributed by atoms with Crippen LogP contribution in [0, 0.1) is 0 Å². The van der Waals surface area contributed by atoms with Crippen molar-refractivity contribution >= 4 is 46.3 Å². The van der Waals surface area contributed by atoms with Crippen molar-refractivity contribution in [2.45, 2.75) is 24.6 Å². The van der Waals surface area contributed by atoms with Crippen LogP contribution in [0.1, 0.15) is 24.9 Å². The number of nitrogens with zero attached hydrogens (tertiary/aromatic N) is 1. The van der Waals surface area contributed by atoms with Gasteiger partial charge >= 0.3 is 5.97 Å². The molecule has 0 radical (unpaired) electrons. The van der Waals surface area contributed by atoms with Crippen molar-refractivity contribution in [1.29, 1.82) is 0 Å². The maximum Gasteiger partial charge on any atom is 0.308 e. The minimum Gasteiger partial charge on any atom is -0.466 e. The molecule has 146 valence electrons. The van der Waals surface area contributed by atoms with Crippen molar-refractivity contribution in [3.05, 3.63) is 59.1 Å². The molecule has 0 bridgehead atoms. The van der Waals surface area contributed by atoms with Gasteiger partial charge in [0.15, 0.2) is 5.58 Å². The molecule has 1 unspecified atom stereocenters. The normalized spacial score (nSPS) is 11.9. The monoisotopic (exact) mass is 418 g/mol. The third-order valence-corrected chi connectivity index (χ3v) is 5.07. The topological polar surface area (TPSA) is 81.4 Å². The van der Waals surface area contributed by atoms with Crippen LogP contribution in [0.5, 0.6) is 0 Å². The number of carbonyl (C=O) groups is 2. The van der Waals surface area contributed by atoms with Crippen LogP contribution in [0.4, 0.5) is 0 Å². The number of nitrogens with one attached hydrogen (secondary N) is 1. The molecule has 1 amide bonds. The molecule has 6 nitrogen and oxygen atoms in total. The van der Waals surface area contributed by atoms with E-state index in [1.807, 2.05) is 24.3 Å². The molecule has 3 rings (SSSR count). The van der Waals surface area contributed by atoms with Gasteiger partial charge in [-0.05, 0) is 30.7 Å². The Morgan fingerprint density at radius 3 is 2.71 bits per heavy atom. The molecule has 1 N–H and O–H groups in total. The van der Waals surface area contributed by atoms with Crippen LogP contribution >= 0.6 is 23.4 Å². The predicted molar refractivity (Wildman–Crippen MR) is 108 cm³/mol. The molecule has 0 aliphatic carbocycles. The Kier molecular flexibility index (Phi) is 6.95. The minimum absolute atomic E-state index is 0.00311. The van der Waals surface area contributed by atoms with E-state index in [4.69, 9.17) is 20.8 Å². The van der Waals surface area contributed by atoms with Crippen LogP contribution in [0.2, 0.25) is 5.02 Å². The van der Waals surface area contributed by atoms with Crippen molar-refractivity contribution in [2.24, 2.45) is 0 Å². The largest absolute Gasteiger partial charge is 0.466 e. The zero-order chi connectivity index (χ0) is 19.9. The highest BCUT2D eigenvalue weighted by molar-refractivity contribution is 7.99. The number of para-hydroxylation sites is 2. The van der Waals surface area contributed by atoms with E-state index in [0.29, 0.717) is 21.4 Å². The number of fused-ring (bicyclic) bond motifs is 1. The molecule has 1 aromatic heterocycles. The number of oxazole rings is 1. The van der Waals surface area contributed by atoms with Crippen molar-refractivity contribution < 1.29 is 18.7 Å². The highest BCUT2D eigenvalue weighted by Crippen LogP contribution is 2.27. The Balaban J connectivity index is 1.66. The van der Waals surface area contributed by atoms with E-state index >= 15 is 0 Å². The van der Waals surface area contributed by atoms with Gasteiger partial charge in [-0.1, -0.05) is 53.7 Å². The summed E-state index contributed by atoms with van der Waals surface area (Å²) in [6.07, 6.45) is -0.00311. The smallest absolute Gasteiger partial charge is 0.308 e. The van der Waals surface area contributed by atoms with Crippen molar-refractivity contribution in [3.8, 4) is 0 Å². The van der Waals surface area contributed by atoms with Gasteiger partial charge in [0.2, 0.25) is 5.91 Å². The maximum atomic E-state index is 12.5. The Morgan fingerprint density at radius 2 is 1.96 bits per heavy atom. The summed E-state index contributed by atoms with van der Waals surface area (Å²) < 4.78 is 10.6. The van der Waals surface area contributed by atoms with E-state index < -0.39 is 12.0 Å². The SMILES string of the molecule is CCOC(=O)CC(NC(=O)CSc1nc2ccccc2o1)c1ccccc1Cl. The average molecular weight is 419 g/mol. The lowest BCUT2D eigenvalue weighted by atomic mass is 10.0. The van der Waals surface area contributed by atoms with Crippen LogP contribution in [0.15, 0.2) is 58.2 Å². The fourth-order valence-corrected chi connectivity index (χ4v) is 3.58. The number of halogens is 1. The van der Waals surface area contributed by atoms with Gasteiger partial charge in [-0.3, -0.25) is 9.59 Å². The second-order valence-corrected chi connectivity index (χ2v) is 7.22. The molecule has 28 heavy (non-hydrogen) atoms. The second kappa shape index (κ2) is 9.61. The fraction of sp³-hybridized carbons (Fsp3) is 0.250.